The van der Waals surface area contributed by atoms with Crippen molar-refractivity contribution in [1.82, 2.24) is 5.32 Å². The molecule has 0 saturated heterocycles. The lowest BCUT2D eigenvalue weighted by Crippen LogP contribution is -2.30. The highest BCUT2D eigenvalue weighted by molar-refractivity contribution is 5.34. The monoisotopic (exact) mass is 283 g/mol. The quantitative estimate of drug-likeness (QED) is 0.832. The second kappa shape index (κ2) is 7.84. The molecule has 2 aromatic rings. The van der Waals surface area contributed by atoms with Crippen molar-refractivity contribution in [3.05, 3.63) is 65.2 Å². The number of para-hydroxylation sites is 1. The van der Waals surface area contributed by atoms with E-state index in [1.54, 1.807) is 0 Å². The Morgan fingerprint density at radius 2 is 1.62 bits per heavy atom. The zero-order valence-electron chi connectivity index (χ0n) is 13.2. The Bertz CT molecular complexity index is 530. The molecule has 1 atom stereocenters. The van der Waals surface area contributed by atoms with E-state index < -0.39 is 0 Å². The van der Waals surface area contributed by atoms with Crippen LogP contribution in [-0.4, -0.2) is 19.7 Å². The van der Waals surface area contributed by atoms with Gasteiger partial charge in [0.25, 0.3) is 0 Å². The number of likely N-dealkylation sites (N-methyl/N-ethyl adjacent to an activating group) is 1. The fourth-order valence-corrected chi connectivity index (χ4v) is 2.60. The molecule has 0 aromatic heterocycles. The summed E-state index contributed by atoms with van der Waals surface area (Å²) in [6.07, 6.45) is 2.05. The smallest absolute Gasteiger partial charge is 0.119 e. The van der Waals surface area contributed by atoms with Crippen LogP contribution in [0.15, 0.2) is 48.5 Å². The molecule has 0 aliphatic rings. The van der Waals surface area contributed by atoms with Crippen LogP contribution in [0.2, 0.25) is 0 Å². The molecule has 0 amide bonds. The summed E-state index contributed by atoms with van der Waals surface area (Å²) in [6.45, 7) is 5.12. The van der Waals surface area contributed by atoms with E-state index in [9.17, 15) is 0 Å². The van der Waals surface area contributed by atoms with Gasteiger partial charge in [0.2, 0.25) is 0 Å². The number of aryl methyl sites for hydroxylation is 2. The standard InChI is InChI=1S/C19H25NO/c1-15-8-7-9-16(2)19(15)14-17(20-3)12-13-21-18-10-5-4-6-11-18/h4-11,17,20H,12-14H2,1-3H3. The van der Waals surface area contributed by atoms with Crippen LogP contribution in [0, 0.1) is 13.8 Å². The average Bonchev–Trinajstić information content (AvgIpc) is 2.50. The molecule has 1 unspecified atom stereocenters. The molecule has 1 N–H and O–H groups in total. The van der Waals surface area contributed by atoms with Gasteiger partial charge in [-0.3, -0.25) is 0 Å². The summed E-state index contributed by atoms with van der Waals surface area (Å²) in [7, 11) is 2.03. The Balaban J connectivity index is 1.89. The van der Waals surface area contributed by atoms with Crippen molar-refractivity contribution in [3.8, 4) is 5.75 Å². The molecule has 0 fully saturated rings. The Hall–Kier alpha value is -1.80. The molecule has 112 valence electrons. The lowest BCUT2D eigenvalue weighted by atomic mass is 9.95. The van der Waals surface area contributed by atoms with Gasteiger partial charge in [-0.25, -0.2) is 0 Å². The van der Waals surface area contributed by atoms with Crippen molar-refractivity contribution in [2.24, 2.45) is 0 Å². The summed E-state index contributed by atoms with van der Waals surface area (Å²) in [5.74, 6) is 0.944. The minimum absolute atomic E-state index is 0.438. The molecule has 0 spiro atoms. The van der Waals surface area contributed by atoms with Gasteiger partial charge in [-0.1, -0.05) is 36.4 Å². The molecule has 2 nitrogen and oxygen atoms in total. The normalized spacial score (nSPS) is 12.1. The van der Waals surface area contributed by atoms with E-state index in [4.69, 9.17) is 4.74 Å². The first-order valence-electron chi connectivity index (χ1n) is 7.61. The van der Waals surface area contributed by atoms with Gasteiger partial charge in [0, 0.05) is 6.04 Å². The zero-order chi connectivity index (χ0) is 15.1. The van der Waals surface area contributed by atoms with Crippen LogP contribution in [0.4, 0.5) is 0 Å². The first kappa shape index (κ1) is 15.6. The van der Waals surface area contributed by atoms with Crippen LogP contribution in [0.5, 0.6) is 5.75 Å². The van der Waals surface area contributed by atoms with Gasteiger partial charge in [-0.2, -0.15) is 0 Å². The molecule has 0 heterocycles. The van der Waals surface area contributed by atoms with E-state index in [0.717, 1.165) is 25.2 Å². The summed E-state index contributed by atoms with van der Waals surface area (Å²) in [4.78, 5) is 0. The number of rotatable bonds is 7. The van der Waals surface area contributed by atoms with Crippen molar-refractivity contribution >= 4 is 0 Å². The average molecular weight is 283 g/mol. The third kappa shape index (κ3) is 4.61. The van der Waals surface area contributed by atoms with Crippen molar-refractivity contribution in [2.45, 2.75) is 32.7 Å². The molecule has 0 aliphatic heterocycles. The highest BCUT2D eigenvalue weighted by Gasteiger charge is 2.11. The Morgan fingerprint density at radius 1 is 0.952 bits per heavy atom. The summed E-state index contributed by atoms with van der Waals surface area (Å²) in [6, 6.07) is 17.0. The van der Waals surface area contributed by atoms with E-state index in [-0.39, 0.29) is 0 Å². The molecule has 2 aromatic carbocycles. The maximum absolute atomic E-state index is 5.80. The van der Waals surface area contributed by atoms with Gasteiger partial charge in [0.1, 0.15) is 5.75 Å². The maximum atomic E-state index is 5.80. The van der Waals surface area contributed by atoms with Crippen molar-refractivity contribution < 1.29 is 4.74 Å². The predicted molar refractivity (Wildman–Crippen MR) is 89.0 cm³/mol. The zero-order valence-corrected chi connectivity index (χ0v) is 13.2. The van der Waals surface area contributed by atoms with E-state index in [2.05, 4.69) is 37.4 Å². The largest absolute Gasteiger partial charge is 0.494 e. The molecule has 0 bridgehead atoms. The van der Waals surface area contributed by atoms with Gasteiger partial charge in [0.15, 0.2) is 0 Å². The van der Waals surface area contributed by atoms with Crippen LogP contribution >= 0.6 is 0 Å². The first-order chi connectivity index (χ1) is 10.2. The van der Waals surface area contributed by atoms with E-state index in [0.29, 0.717) is 6.04 Å². The SMILES string of the molecule is CNC(CCOc1ccccc1)Cc1c(C)cccc1C. The number of benzene rings is 2. The summed E-state index contributed by atoms with van der Waals surface area (Å²) < 4.78 is 5.80. The highest BCUT2D eigenvalue weighted by Crippen LogP contribution is 2.17. The number of ether oxygens (including phenoxy) is 1. The van der Waals surface area contributed by atoms with Crippen LogP contribution in [0.3, 0.4) is 0 Å². The topological polar surface area (TPSA) is 21.3 Å². The molecular formula is C19H25NO. The van der Waals surface area contributed by atoms with Gasteiger partial charge in [-0.15, -0.1) is 0 Å². The number of hydrogen-bond donors (Lipinski definition) is 1. The molecule has 21 heavy (non-hydrogen) atoms. The van der Waals surface area contributed by atoms with Crippen LogP contribution < -0.4 is 10.1 Å². The Morgan fingerprint density at radius 3 is 2.24 bits per heavy atom. The van der Waals surface area contributed by atoms with Crippen LogP contribution in [-0.2, 0) is 6.42 Å². The lowest BCUT2D eigenvalue weighted by molar-refractivity contribution is 0.288. The minimum Gasteiger partial charge on any atom is -0.494 e. The minimum atomic E-state index is 0.438. The number of hydrogen-bond acceptors (Lipinski definition) is 2. The van der Waals surface area contributed by atoms with Crippen molar-refractivity contribution in [1.29, 1.82) is 0 Å². The number of nitrogens with one attached hydrogen (secondary N) is 1. The van der Waals surface area contributed by atoms with E-state index >= 15 is 0 Å². The van der Waals surface area contributed by atoms with Gasteiger partial charge in [-0.05, 0) is 62.6 Å². The second-order valence-corrected chi connectivity index (χ2v) is 5.51. The van der Waals surface area contributed by atoms with Gasteiger partial charge >= 0.3 is 0 Å². The Kier molecular flexibility index (Phi) is 5.82. The Labute approximate surface area is 128 Å². The molecular weight excluding hydrogens is 258 g/mol. The first-order valence-corrected chi connectivity index (χ1v) is 7.61. The second-order valence-electron chi connectivity index (χ2n) is 5.51. The van der Waals surface area contributed by atoms with Crippen LogP contribution in [0.1, 0.15) is 23.1 Å². The third-order valence-corrected chi connectivity index (χ3v) is 3.98. The third-order valence-electron chi connectivity index (χ3n) is 3.98. The van der Waals surface area contributed by atoms with Crippen molar-refractivity contribution in [2.75, 3.05) is 13.7 Å². The molecule has 0 radical (unpaired) electrons. The maximum Gasteiger partial charge on any atom is 0.119 e. The van der Waals surface area contributed by atoms with Crippen molar-refractivity contribution in [3.63, 3.8) is 0 Å². The summed E-state index contributed by atoms with van der Waals surface area (Å²) >= 11 is 0. The van der Waals surface area contributed by atoms with Gasteiger partial charge in [0.05, 0.1) is 6.61 Å². The molecule has 2 rings (SSSR count). The van der Waals surface area contributed by atoms with Crippen LogP contribution in [0.25, 0.3) is 0 Å². The predicted octanol–water partition coefficient (Wildman–Crippen LogP) is 3.90. The molecule has 0 saturated carbocycles. The van der Waals surface area contributed by atoms with E-state index in [1.165, 1.54) is 16.7 Å². The fourth-order valence-electron chi connectivity index (χ4n) is 2.60. The highest BCUT2D eigenvalue weighted by atomic mass is 16.5. The molecule has 2 heteroatoms. The summed E-state index contributed by atoms with van der Waals surface area (Å²) in [5.41, 5.74) is 4.20. The van der Waals surface area contributed by atoms with E-state index in [1.807, 2.05) is 37.4 Å². The lowest BCUT2D eigenvalue weighted by Gasteiger charge is -2.19. The fraction of sp³-hybridized carbons (Fsp3) is 0.368. The molecule has 0 aliphatic carbocycles. The summed E-state index contributed by atoms with van der Waals surface area (Å²) in [5, 5.41) is 3.41. The van der Waals surface area contributed by atoms with Gasteiger partial charge < -0.3 is 10.1 Å².